The summed E-state index contributed by atoms with van der Waals surface area (Å²) >= 11 is 0. The molecule has 0 saturated carbocycles. The van der Waals surface area contributed by atoms with E-state index in [1.54, 1.807) is 6.08 Å². The van der Waals surface area contributed by atoms with Crippen LogP contribution in [0.25, 0.3) is 0 Å². The van der Waals surface area contributed by atoms with Crippen molar-refractivity contribution in [2.24, 2.45) is 0 Å². The number of hydrogen-bond donors (Lipinski definition) is 3. The molecular weight excluding hydrogens is 731 g/mol. The van der Waals surface area contributed by atoms with Gasteiger partial charge in [-0.3, -0.25) is 9.59 Å². The van der Waals surface area contributed by atoms with Crippen molar-refractivity contribution in [3.63, 3.8) is 0 Å². The highest BCUT2D eigenvalue weighted by Gasteiger charge is 2.18. The number of unbranched alkanes of at least 4 members (excludes halogenated alkanes) is 35. The van der Waals surface area contributed by atoms with Crippen LogP contribution < -0.4 is 5.32 Å². The molecule has 0 aromatic heterocycles. The van der Waals surface area contributed by atoms with E-state index in [0.29, 0.717) is 19.4 Å². The minimum absolute atomic E-state index is 0.00145. The number of aliphatic hydroxyl groups is 2. The second-order valence-corrected chi connectivity index (χ2v) is 17.9. The summed E-state index contributed by atoms with van der Waals surface area (Å²) in [6, 6.07) is -0.638. The molecule has 6 nitrogen and oxygen atoms in total. The summed E-state index contributed by atoms with van der Waals surface area (Å²) in [5.74, 6) is -0.0878. The fraction of sp³-hybridized carbons (Fsp3) is 0.887. The van der Waals surface area contributed by atoms with Gasteiger partial charge in [0.2, 0.25) is 5.91 Å². The molecular formula is C53H101NO5. The molecule has 0 aromatic carbocycles. The van der Waals surface area contributed by atoms with Crippen LogP contribution in [-0.2, 0) is 14.3 Å². The van der Waals surface area contributed by atoms with Crippen LogP contribution in [0.15, 0.2) is 24.3 Å². The first-order chi connectivity index (χ1) is 29.0. The molecule has 0 aliphatic heterocycles. The average Bonchev–Trinajstić information content (AvgIpc) is 3.24. The highest BCUT2D eigenvalue weighted by molar-refractivity contribution is 5.76. The minimum atomic E-state index is -0.852. The van der Waals surface area contributed by atoms with Gasteiger partial charge in [-0.1, -0.05) is 231 Å². The van der Waals surface area contributed by atoms with Crippen LogP contribution in [0.1, 0.15) is 277 Å². The third-order valence-corrected chi connectivity index (χ3v) is 12.0. The van der Waals surface area contributed by atoms with Gasteiger partial charge in [-0.25, -0.2) is 0 Å². The Balaban J connectivity index is 3.47. The summed E-state index contributed by atoms with van der Waals surface area (Å²) < 4.78 is 5.47. The van der Waals surface area contributed by atoms with Crippen LogP contribution >= 0.6 is 0 Å². The number of allylic oxidation sites excluding steroid dienone is 3. The van der Waals surface area contributed by atoms with Gasteiger partial charge in [0.15, 0.2) is 0 Å². The lowest BCUT2D eigenvalue weighted by Crippen LogP contribution is -2.45. The SMILES string of the molecule is CCCCCCCCCCC/C=C/C(O)C(CO)NC(=O)CCCCCCC/C=C\CCCCCCCCCOC(=O)CCCCCCCCCCCCCCCCC. The predicted octanol–water partition coefficient (Wildman–Crippen LogP) is 15.5. The summed E-state index contributed by atoms with van der Waals surface area (Å²) in [6.07, 6.45) is 57.5. The molecule has 6 heteroatoms. The van der Waals surface area contributed by atoms with E-state index in [2.05, 4.69) is 31.3 Å². The van der Waals surface area contributed by atoms with Crippen LogP contribution in [0.5, 0.6) is 0 Å². The molecule has 0 fully saturated rings. The first-order valence-corrected chi connectivity index (χ1v) is 26.1. The number of rotatable bonds is 48. The highest BCUT2D eigenvalue weighted by atomic mass is 16.5. The fourth-order valence-electron chi connectivity index (χ4n) is 7.92. The fourth-order valence-corrected chi connectivity index (χ4v) is 7.92. The molecule has 2 unspecified atom stereocenters. The quantitative estimate of drug-likeness (QED) is 0.0322. The second kappa shape index (κ2) is 49.0. The van der Waals surface area contributed by atoms with E-state index in [1.807, 2.05) is 6.08 Å². The van der Waals surface area contributed by atoms with Crippen LogP contribution in [0, 0.1) is 0 Å². The van der Waals surface area contributed by atoms with Crippen molar-refractivity contribution in [1.82, 2.24) is 5.32 Å². The van der Waals surface area contributed by atoms with Gasteiger partial charge in [0.1, 0.15) is 0 Å². The van der Waals surface area contributed by atoms with Crippen molar-refractivity contribution in [2.45, 2.75) is 289 Å². The molecule has 348 valence electrons. The molecule has 1 amide bonds. The monoisotopic (exact) mass is 832 g/mol. The van der Waals surface area contributed by atoms with Gasteiger partial charge < -0.3 is 20.3 Å². The van der Waals surface area contributed by atoms with Crippen molar-refractivity contribution in [1.29, 1.82) is 0 Å². The third-order valence-electron chi connectivity index (χ3n) is 12.0. The molecule has 0 rings (SSSR count). The van der Waals surface area contributed by atoms with E-state index in [4.69, 9.17) is 4.74 Å². The van der Waals surface area contributed by atoms with Crippen molar-refractivity contribution in [3.8, 4) is 0 Å². The molecule has 0 bridgehead atoms. The van der Waals surface area contributed by atoms with Crippen molar-refractivity contribution >= 4 is 11.9 Å². The minimum Gasteiger partial charge on any atom is -0.466 e. The van der Waals surface area contributed by atoms with Gasteiger partial charge in [-0.2, -0.15) is 0 Å². The molecule has 0 aliphatic rings. The molecule has 0 aliphatic carbocycles. The van der Waals surface area contributed by atoms with Crippen molar-refractivity contribution < 1.29 is 24.5 Å². The Hall–Kier alpha value is -1.66. The number of carbonyl (C=O) groups is 2. The standard InChI is InChI=1S/C53H101NO5/c1-3-5-7-9-11-13-15-16-19-23-27-31-35-39-43-47-53(58)59-48-44-40-36-32-28-24-21-18-17-20-22-26-30-34-38-42-46-52(57)54-50(49-55)51(56)45-41-37-33-29-25-14-12-10-8-6-4-2/h17,20,41,45,50-51,55-56H,3-16,18-19,21-40,42-44,46-49H2,1-2H3,(H,54,57)/b20-17-,45-41+. The topological polar surface area (TPSA) is 95.9 Å². The molecule has 2 atom stereocenters. The van der Waals surface area contributed by atoms with E-state index in [0.717, 1.165) is 64.2 Å². The van der Waals surface area contributed by atoms with Gasteiger partial charge in [0.05, 0.1) is 25.4 Å². The maximum atomic E-state index is 12.4. The molecule has 59 heavy (non-hydrogen) atoms. The van der Waals surface area contributed by atoms with Crippen molar-refractivity contribution in [2.75, 3.05) is 13.2 Å². The van der Waals surface area contributed by atoms with Gasteiger partial charge in [-0.05, 0) is 57.8 Å². The zero-order valence-corrected chi connectivity index (χ0v) is 39.5. The number of aliphatic hydroxyl groups excluding tert-OH is 2. The first-order valence-electron chi connectivity index (χ1n) is 26.1. The second-order valence-electron chi connectivity index (χ2n) is 17.9. The Labute approximate surface area is 367 Å². The Morgan fingerprint density at radius 2 is 0.797 bits per heavy atom. The number of ether oxygens (including phenoxy) is 1. The van der Waals surface area contributed by atoms with E-state index < -0.39 is 12.1 Å². The Morgan fingerprint density at radius 1 is 0.458 bits per heavy atom. The molecule has 0 aromatic rings. The number of hydrogen-bond acceptors (Lipinski definition) is 5. The number of esters is 1. The van der Waals surface area contributed by atoms with Crippen molar-refractivity contribution in [3.05, 3.63) is 24.3 Å². The molecule has 0 spiro atoms. The lowest BCUT2D eigenvalue weighted by molar-refractivity contribution is -0.143. The molecule has 0 radical (unpaired) electrons. The largest absolute Gasteiger partial charge is 0.466 e. The van der Waals surface area contributed by atoms with E-state index in [1.165, 1.54) is 186 Å². The maximum Gasteiger partial charge on any atom is 0.305 e. The predicted molar refractivity (Wildman–Crippen MR) is 255 cm³/mol. The van der Waals surface area contributed by atoms with Crippen LogP contribution in [0.2, 0.25) is 0 Å². The normalized spacial score (nSPS) is 12.8. The average molecular weight is 832 g/mol. The smallest absolute Gasteiger partial charge is 0.305 e. The Kier molecular flexibility index (Phi) is 47.6. The van der Waals surface area contributed by atoms with Gasteiger partial charge in [-0.15, -0.1) is 0 Å². The van der Waals surface area contributed by atoms with E-state index in [9.17, 15) is 19.8 Å². The van der Waals surface area contributed by atoms with E-state index >= 15 is 0 Å². The zero-order valence-electron chi connectivity index (χ0n) is 39.5. The maximum absolute atomic E-state index is 12.4. The van der Waals surface area contributed by atoms with Gasteiger partial charge in [0.25, 0.3) is 0 Å². The summed E-state index contributed by atoms with van der Waals surface area (Å²) in [5.41, 5.74) is 0. The first kappa shape index (κ1) is 57.3. The number of nitrogens with one attached hydrogen (secondary N) is 1. The van der Waals surface area contributed by atoms with E-state index in [-0.39, 0.29) is 18.5 Å². The number of carbonyl (C=O) groups excluding carboxylic acids is 2. The summed E-state index contributed by atoms with van der Waals surface area (Å²) in [7, 11) is 0. The molecule has 3 N–H and O–H groups in total. The molecule has 0 heterocycles. The lowest BCUT2D eigenvalue weighted by atomic mass is 10.0. The summed E-state index contributed by atoms with van der Waals surface area (Å²) in [5, 5.41) is 22.9. The third kappa shape index (κ3) is 45.7. The van der Waals surface area contributed by atoms with Gasteiger partial charge in [0, 0.05) is 12.8 Å². The summed E-state index contributed by atoms with van der Waals surface area (Å²) in [4.78, 5) is 24.4. The zero-order chi connectivity index (χ0) is 43.0. The summed E-state index contributed by atoms with van der Waals surface area (Å²) in [6.45, 7) is 4.87. The van der Waals surface area contributed by atoms with Crippen LogP contribution in [0.3, 0.4) is 0 Å². The van der Waals surface area contributed by atoms with Gasteiger partial charge >= 0.3 is 5.97 Å². The Morgan fingerprint density at radius 3 is 1.20 bits per heavy atom. The van der Waals surface area contributed by atoms with Crippen LogP contribution in [-0.4, -0.2) is 47.4 Å². The Bertz CT molecular complexity index is 920. The van der Waals surface area contributed by atoms with Crippen LogP contribution in [0.4, 0.5) is 0 Å². The lowest BCUT2D eigenvalue weighted by Gasteiger charge is -2.20. The highest BCUT2D eigenvalue weighted by Crippen LogP contribution is 2.16. The number of amides is 1. The molecule has 0 saturated heterocycles.